The van der Waals surface area contributed by atoms with Gasteiger partial charge >= 0.3 is 0 Å². The van der Waals surface area contributed by atoms with Crippen molar-refractivity contribution in [2.24, 2.45) is 0 Å². The fraction of sp³-hybridized carbons (Fsp3) is 0.500. The highest BCUT2D eigenvalue weighted by molar-refractivity contribution is 7.18. The molecule has 2 aromatic rings. The molecule has 21 heavy (non-hydrogen) atoms. The number of anilines is 2. The van der Waals surface area contributed by atoms with E-state index >= 15 is 0 Å². The van der Waals surface area contributed by atoms with Gasteiger partial charge in [-0.2, -0.15) is 4.98 Å². The second-order valence-corrected chi connectivity index (χ2v) is 6.49. The van der Waals surface area contributed by atoms with E-state index in [-0.39, 0.29) is 18.0 Å². The predicted octanol–water partition coefficient (Wildman–Crippen LogP) is 2.37. The average Bonchev–Trinajstić information content (AvgIpc) is 2.78. The molecule has 3 N–H and O–H groups in total. The summed E-state index contributed by atoms with van der Waals surface area (Å²) in [5, 5.41) is 9.96. The Bertz CT molecular complexity index is 652. The van der Waals surface area contributed by atoms with E-state index in [1.807, 2.05) is 33.8 Å². The second-order valence-electron chi connectivity index (χ2n) is 5.25. The van der Waals surface area contributed by atoms with Crippen molar-refractivity contribution < 1.29 is 4.79 Å². The van der Waals surface area contributed by atoms with Gasteiger partial charge in [0.25, 0.3) is 0 Å². The first-order valence-corrected chi connectivity index (χ1v) is 7.75. The smallest absolute Gasteiger partial charge is 0.242 e. The molecule has 0 aliphatic heterocycles. The molecule has 0 spiro atoms. The highest BCUT2D eigenvalue weighted by Gasteiger charge is 2.17. The van der Waals surface area contributed by atoms with Gasteiger partial charge < -0.3 is 16.0 Å². The maximum absolute atomic E-state index is 12.0. The topological polar surface area (TPSA) is 78.9 Å². The third-order valence-corrected chi connectivity index (χ3v) is 3.86. The van der Waals surface area contributed by atoms with E-state index in [9.17, 15) is 4.79 Å². The monoisotopic (exact) mass is 307 g/mol. The molecule has 0 aliphatic rings. The molecule has 2 aromatic heterocycles. The first-order valence-electron chi connectivity index (χ1n) is 6.93. The molecule has 0 saturated heterocycles. The van der Waals surface area contributed by atoms with Gasteiger partial charge in [-0.25, -0.2) is 4.98 Å². The molecule has 0 aliphatic carbocycles. The van der Waals surface area contributed by atoms with Gasteiger partial charge in [-0.3, -0.25) is 4.79 Å². The number of aromatic nitrogens is 2. The number of nitrogens with zero attached hydrogens (tertiary/aromatic N) is 2. The summed E-state index contributed by atoms with van der Waals surface area (Å²) in [5.41, 5.74) is 0. The molecular formula is C14H21N5OS. The van der Waals surface area contributed by atoms with Crippen LogP contribution in [0, 0.1) is 6.92 Å². The highest BCUT2D eigenvalue weighted by atomic mass is 32.1. The third-order valence-electron chi connectivity index (χ3n) is 2.92. The largest absolute Gasteiger partial charge is 0.358 e. The van der Waals surface area contributed by atoms with Crippen LogP contribution in [0.1, 0.15) is 25.6 Å². The van der Waals surface area contributed by atoms with Crippen LogP contribution in [-0.2, 0) is 4.79 Å². The first kappa shape index (κ1) is 15.5. The van der Waals surface area contributed by atoms with E-state index in [1.54, 1.807) is 18.4 Å². The number of carbonyl (C=O) groups is 1. The zero-order valence-corrected chi connectivity index (χ0v) is 13.8. The minimum atomic E-state index is -0.365. The number of nitrogens with one attached hydrogen (secondary N) is 3. The summed E-state index contributed by atoms with van der Waals surface area (Å²) in [4.78, 5) is 23.0. The molecule has 0 bridgehead atoms. The van der Waals surface area contributed by atoms with E-state index in [0.29, 0.717) is 11.8 Å². The van der Waals surface area contributed by atoms with Crippen molar-refractivity contribution in [3.05, 3.63) is 10.9 Å². The Morgan fingerprint density at radius 3 is 2.62 bits per heavy atom. The molecule has 7 heteroatoms. The maximum Gasteiger partial charge on any atom is 0.242 e. The molecule has 0 radical (unpaired) electrons. The Kier molecular flexibility index (Phi) is 4.62. The summed E-state index contributed by atoms with van der Waals surface area (Å²) in [5.74, 6) is 1.18. The van der Waals surface area contributed by atoms with E-state index in [1.165, 1.54) is 0 Å². The molecule has 114 valence electrons. The van der Waals surface area contributed by atoms with E-state index in [2.05, 4.69) is 25.9 Å². The van der Waals surface area contributed by atoms with E-state index in [4.69, 9.17) is 0 Å². The van der Waals surface area contributed by atoms with Crippen LogP contribution in [0.3, 0.4) is 0 Å². The van der Waals surface area contributed by atoms with Crippen LogP contribution in [0.15, 0.2) is 6.07 Å². The second kappa shape index (κ2) is 6.26. The lowest BCUT2D eigenvalue weighted by Crippen LogP contribution is -2.41. The van der Waals surface area contributed by atoms with Gasteiger partial charge in [-0.15, -0.1) is 11.3 Å². The standard InChI is InChI=1S/C14H21N5OS/c1-7(2)16-12(20)9(4)17-11-10-6-8(3)21-13(10)19-14(15-5)18-11/h6-7,9H,1-5H3,(H,16,20)(H2,15,17,18,19). The van der Waals surface area contributed by atoms with Gasteiger partial charge in [0.15, 0.2) is 0 Å². The number of hydrogen-bond acceptors (Lipinski definition) is 6. The van der Waals surface area contributed by atoms with Gasteiger partial charge in [0.1, 0.15) is 16.7 Å². The lowest BCUT2D eigenvalue weighted by atomic mass is 10.2. The van der Waals surface area contributed by atoms with E-state index < -0.39 is 0 Å². The lowest BCUT2D eigenvalue weighted by molar-refractivity contribution is -0.122. The maximum atomic E-state index is 12.0. The number of aryl methyl sites for hydroxylation is 1. The average molecular weight is 307 g/mol. The fourth-order valence-electron chi connectivity index (χ4n) is 1.94. The zero-order chi connectivity index (χ0) is 15.6. The molecule has 2 heterocycles. The molecule has 0 fully saturated rings. The van der Waals surface area contributed by atoms with Crippen molar-refractivity contribution in [3.8, 4) is 0 Å². The number of thiophene rings is 1. The molecule has 1 atom stereocenters. The first-order chi connectivity index (χ1) is 9.90. The van der Waals surface area contributed by atoms with Crippen molar-refractivity contribution in [2.75, 3.05) is 17.7 Å². The highest BCUT2D eigenvalue weighted by Crippen LogP contribution is 2.29. The minimum Gasteiger partial charge on any atom is -0.358 e. The van der Waals surface area contributed by atoms with Crippen molar-refractivity contribution in [1.82, 2.24) is 15.3 Å². The molecule has 2 rings (SSSR count). The van der Waals surface area contributed by atoms with Crippen LogP contribution < -0.4 is 16.0 Å². The Morgan fingerprint density at radius 2 is 2.00 bits per heavy atom. The van der Waals surface area contributed by atoms with Crippen molar-refractivity contribution in [1.29, 1.82) is 0 Å². The quantitative estimate of drug-likeness (QED) is 0.790. The summed E-state index contributed by atoms with van der Waals surface area (Å²) in [6, 6.07) is 1.79. The van der Waals surface area contributed by atoms with Crippen LogP contribution in [0.4, 0.5) is 11.8 Å². The Morgan fingerprint density at radius 1 is 1.29 bits per heavy atom. The van der Waals surface area contributed by atoms with Gasteiger partial charge in [-0.1, -0.05) is 0 Å². The van der Waals surface area contributed by atoms with Gasteiger partial charge in [0.2, 0.25) is 11.9 Å². The Balaban J connectivity index is 2.30. The normalized spacial score (nSPS) is 12.5. The molecule has 0 aromatic carbocycles. The summed E-state index contributed by atoms with van der Waals surface area (Å²) in [6.07, 6.45) is 0. The summed E-state index contributed by atoms with van der Waals surface area (Å²) >= 11 is 1.61. The molecule has 6 nitrogen and oxygen atoms in total. The van der Waals surface area contributed by atoms with Gasteiger partial charge in [0, 0.05) is 18.0 Å². The van der Waals surface area contributed by atoms with Crippen molar-refractivity contribution in [3.63, 3.8) is 0 Å². The zero-order valence-electron chi connectivity index (χ0n) is 12.9. The Labute approximate surface area is 128 Å². The molecule has 0 saturated carbocycles. The number of amides is 1. The summed E-state index contributed by atoms with van der Waals surface area (Å²) in [7, 11) is 1.78. The molecule has 1 unspecified atom stereocenters. The van der Waals surface area contributed by atoms with Crippen LogP contribution >= 0.6 is 11.3 Å². The minimum absolute atomic E-state index is 0.0466. The van der Waals surface area contributed by atoms with E-state index in [0.717, 1.165) is 15.1 Å². The predicted molar refractivity (Wildman–Crippen MR) is 88.1 cm³/mol. The van der Waals surface area contributed by atoms with Crippen LogP contribution in [-0.4, -0.2) is 35.0 Å². The van der Waals surface area contributed by atoms with Crippen LogP contribution in [0.5, 0.6) is 0 Å². The SMILES string of the molecule is CNc1nc(NC(C)C(=O)NC(C)C)c2cc(C)sc2n1. The molecular weight excluding hydrogens is 286 g/mol. The lowest BCUT2D eigenvalue weighted by Gasteiger charge is -2.17. The summed E-state index contributed by atoms with van der Waals surface area (Å²) < 4.78 is 0. The van der Waals surface area contributed by atoms with Crippen molar-refractivity contribution in [2.45, 2.75) is 39.8 Å². The van der Waals surface area contributed by atoms with Crippen LogP contribution in [0.25, 0.3) is 10.2 Å². The summed E-state index contributed by atoms with van der Waals surface area (Å²) in [6.45, 7) is 7.73. The number of rotatable bonds is 5. The van der Waals surface area contributed by atoms with Gasteiger partial charge in [0.05, 0.1) is 5.39 Å². The number of hydrogen-bond donors (Lipinski definition) is 3. The van der Waals surface area contributed by atoms with Gasteiger partial charge in [-0.05, 0) is 33.8 Å². The Hall–Kier alpha value is -1.89. The van der Waals surface area contributed by atoms with Crippen molar-refractivity contribution >= 4 is 39.2 Å². The molecule has 1 amide bonds. The number of fused-ring (bicyclic) bond motifs is 1. The number of carbonyl (C=O) groups excluding carboxylic acids is 1. The fourth-order valence-corrected chi connectivity index (χ4v) is 2.82. The third kappa shape index (κ3) is 3.60. The van der Waals surface area contributed by atoms with Crippen LogP contribution in [0.2, 0.25) is 0 Å².